The van der Waals surface area contributed by atoms with Crippen molar-refractivity contribution in [1.82, 2.24) is 15.3 Å². The lowest BCUT2D eigenvalue weighted by molar-refractivity contribution is -0.125. The number of anilines is 1. The van der Waals surface area contributed by atoms with E-state index in [0.29, 0.717) is 25.5 Å². The molecule has 1 N–H and O–H groups in total. The topological polar surface area (TPSA) is 76.6 Å². The van der Waals surface area contributed by atoms with E-state index in [1.165, 1.54) is 0 Å². The van der Waals surface area contributed by atoms with Gasteiger partial charge < -0.3 is 19.7 Å². The van der Waals surface area contributed by atoms with Crippen LogP contribution in [0.15, 0.2) is 60.9 Å². The maximum absolute atomic E-state index is 12.8. The average molecular weight is 461 g/mol. The number of nitrogens with zero attached hydrogens (tertiary/aromatic N) is 3. The first-order chi connectivity index (χ1) is 16.7. The number of nitrogens with one attached hydrogen (secondary N) is 1. The Morgan fingerprint density at radius 1 is 0.941 bits per heavy atom. The molecule has 1 fully saturated rings. The standard InChI is InChI=1S/C27H32N4O3/c1-3-33-24-11-10-20(16-25(24)34-4-2)17-28-26(32)22-12-14-31(15-13-22)27-29-18-23(19-30-27)21-8-6-5-7-9-21/h5-11,16,18-19,22H,3-4,12-15,17H2,1-2H3,(H,28,32). The summed E-state index contributed by atoms with van der Waals surface area (Å²) in [5.74, 6) is 2.24. The van der Waals surface area contributed by atoms with Crippen molar-refractivity contribution >= 4 is 11.9 Å². The largest absolute Gasteiger partial charge is 0.490 e. The SMILES string of the molecule is CCOc1ccc(CNC(=O)C2CCN(c3ncc(-c4ccccc4)cn3)CC2)cc1OCC. The molecule has 2 aromatic carbocycles. The van der Waals surface area contributed by atoms with Crippen molar-refractivity contribution in [2.75, 3.05) is 31.2 Å². The molecule has 0 atom stereocenters. The summed E-state index contributed by atoms with van der Waals surface area (Å²) in [6, 6.07) is 15.9. The van der Waals surface area contributed by atoms with Crippen LogP contribution in [0.1, 0.15) is 32.3 Å². The number of ether oxygens (including phenoxy) is 2. The highest BCUT2D eigenvalue weighted by Crippen LogP contribution is 2.29. The summed E-state index contributed by atoms with van der Waals surface area (Å²) in [6.45, 7) is 7.03. The first kappa shape index (κ1) is 23.5. The molecule has 7 heteroatoms. The second-order valence-electron chi connectivity index (χ2n) is 8.26. The Bertz CT molecular complexity index is 1060. The van der Waals surface area contributed by atoms with Gasteiger partial charge in [0.05, 0.1) is 13.2 Å². The Labute approximate surface area is 201 Å². The lowest BCUT2D eigenvalue weighted by Crippen LogP contribution is -2.41. The average Bonchev–Trinajstić information content (AvgIpc) is 2.89. The van der Waals surface area contributed by atoms with Crippen molar-refractivity contribution in [3.8, 4) is 22.6 Å². The zero-order valence-electron chi connectivity index (χ0n) is 19.9. The Morgan fingerprint density at radius 2 is 1.62 bits per heavy atom. The van der Waals surface area contributed by atoms with E-state index in [1.54, 1.807) is 0 Å². The molecule has 4 rings (SSSR count). The predicted octanol–water partition coefficient (Wildman–Crippen LogP) is 4.47. The molecule has 3 aromatic rings. The molecule has 0 radical (unpaired) electrons. The minimum Gasteiger partial charge on any atom is -0.490 e. The van der Waals surface area contributed by atoms with E-state index in [1.807, 2.05) is 74.8 Å². The number of piperidine rings is 1. The smallest absolute Gasteiger partial charge is 0.225 e. The van der Waals surface area contributed by atoms with Crippen LogP contribution in [0.4, 0.5) is 5.95 Å². The predicted molar refractivity (Wildman–Crippen MR) is 133 cm³/mol. The molecule has 1 aliphatic rings. The number of hydrogen-bond donors (Lipinski definition) is 1. The Morgan fingerprint density at radius 3 is 2.29 bits per heavy atom. The molecule has 7 nitrogen and oxygen atoms in total. The van der Waals surface area contributed by atoms with Gasteiger partial charge in [-0.1, -0.05) is 36.4 Å². The summed E-state index contributed by atoms with van der Waals surface area (Å²) in [5.41, 5.74) is 3.09. The van der Waals surface area contributed by atoms with Crippen molar-refractivity contribution in [1.29, 1.82) is 0 Å². The van der Waals surface area contributed by atoms with Crippen LogP contribution >= 0.6 is 0 Å². The maximum Gasteiger partial charge on any atom is 0.225 e. The molecule has 34 heavy (non-hydrogen) atoms. The zero-order valence-corrected chi connectivity index (χ0v) is 19.9. The van der Waals surface area contributed by atoms with Crippen LogP contribution in [0.3, 0.4) is 0 Å². The summed E-state index contributed by atoms with van der Waals surface area (Å²) < 4.78 is 11.3. The number of hydrogen-bond acceptors (Lipinski definition) is 6. The van der Waals surface area contributed by atoms with Gasteiger partial charge in [-0.05, 0) is 49.9 Å². The third kappa shape index (κ3) is 5.84. The summed E-state index contributed by atoms with van der Waals surface area (Å²) in [5, 5.41) is 3.08. The molecule has 1 aromatic heterocycles. The number of carbonyl (C=O) groups excluding carboxylic acids is 1. The Hall–Kier alpha value is -3.61. The van der Waals surface area contributed by atoms with Gasteiger partial charge in [0.25, 0.3) is 0 Å². The van der Waals surface area contributed by atoms with Crippen LogP contribution in [0, 0.1) is 5.92 Å². The molecular formula is C27H32N4O3. The van der Waals surface area contributed by atoms with Crippen molar-refractivity contribution in [3.05, 3.63) is 66.5 Å². The minimum atomic E-state index is -0.00565. The van der Waals surface area contributed by atoms with Gasteiger partial charge in [-0.2, -0.15) is 0 Å². The van der Waals surface area contributed by atoms with Crippen LogP contribution in [0.5, 0.6) is 11.5 Å². The normalized spacial score (nSPS) is 14.0. The quantitative estimate of drug-likeness (QED) is 0.508. The molecule has 1 amide bonds. The van der Waals surface area contributed by atoms with E-state index in [2.05, 4.69) is 20.2 Å². The van der Waals surface area contributed by atoms with Crippen LogP contribution < -0.4 is 19.7 Å². The molecule has 178 valence electrons. The molecule has 0 bridgehead atoms. The summed E-state index contributed by atoms with van der Waals surface area (Å²) in [6.07, 6.45) is 5.29. The van der Waals surface area contributed by atoms with E-state index in [9.17, 15) is 4.79 Å². The molecule has 0 spiro atoms. The van der Waals surface area contributed by atoms with Gasteiger partial charge in [-0.3, -0.25) is 4.79 Å². The monoisotopic (exact) mass is 460 g/mol. The van der Waals surface area contributed by atoms with E-state index >= 15 is 0 Å². The Balaban J connectivity index is 1.28. The van der Waals surface area contributed by atoms with Gasteiger partial charge in [0, 0.05) is 43.5 Å². The molecule has 0 saturated carbocycles. The van der Waals surface area contributed by atoms with Gasteiger partial charge >= 0.3 is 0 Å². The highest BCUT2D eigenvalue weighted by atomic mass is 16.5. The third-order valence-electron chi connectivity index (χ3n) is 5.97. The van der Waals surface area contributed by atoms with Crippen LogP contribution in [-0.2, 0) is 11.3 Å². The molecular weight excluding hydrogens is 428 g/mol. The summed E-state index contributed by atoms with van der Waals surface area (Å²) in [4.78, 5) is 24.1. The number of amides is 1. The minimum absolute atomic E-state index is 0.00565. The second-order valence-corrected chi connectivity index (χ2v) is 8.26. The van der Waals surface area contributed by atoms with Gasteiger partial charge in [0.15, 0.2) is 11.5 Å². The van der Waals surface area contributed by atoms with E-state index in [4.69, 9.17) is 9.47 Å². The van der Waals surface area contributed by atoms with Crippen LogP contribution in [0.2, 0.25) is 0 Å². The molecule has 0 unspecified atom stereocenters. The third-order valence-corrected chi connectivity index (χ3v) is 5.97. The lowest BCUT2D eigenvalue weighted by Gasteiger charge is -2.31. The molecule has 1 aliphatic heterocycles. The molecule has 0 aliphatic carbocycles. The van der Waals surface area contributed by atoms with Crippen LogP contribution in [0.25, 0.3) is 11.1 Å². The lowest BCUT2D eigenvalue weighted by atomic mass is 9.96. The fourth-order valence-electron chi connectivity index (χ4n) is 4.14. The number of carbonyl (C=O) groups is 1. The number of rotatable bonds is 9. The van der Waals surface area contributed by atoms with E-state index in [-0.39, 0.29) is 11.8 Å². The van der Waals surface area contributed by atoms with E-state index < -0.39 is 0 Å². The van der Waals surface area contributed by atoms with Gasteiger partial charge in [-0.15, -0.1) is 0 Å². The zero-order chi connectivity index (χ0) is 23.8. The summed E-state index contributed by atoms with van der Waals surface area (Å²) in [7, 11) is 0. The first-order valence-corrected chi connectivity index (χ1v) is 12.0. The highest BCUT2D eigenvalue weighted by Gasteiger charge is 2.26. The van der Waals surface area contributed by atoms with Crippen molar-refractivity contribution in [2.45, 2.75) is 33.2 Å². The second kappa shape index (κ2) is 11.5. The fraction of sp³-hybridized carbons (Fsp3) is 0.370. The fourth-order valence-corrected chi connectivity index (χ4v) is 4.14. The molecule has 2 heterocycles. The maximum atomic E-state index is 12.8. The van der Waals surface area contributed by atoms with Crippen LogP contribution in [-0.4, -0.2) is 42.2 Å². The first-order valence-electron chi connectivity index (χ1n) is 12.0. The number of benzene rings is 2. The van der Waals surface area contributed by atoms with Crippen molar-refractivity contribution < 1.29 is 14.3 Å². The van der Waals surface area contributed by atoms with E-state index in [0.717, 1.165) is 54.3 Å². The van der Waals surface area contributed by atoms with Crippen molar-refractivity contribution in [2.24, 2.45) is 5.92 Å². The Kier molecular flexibility index (Phi) is 7.96. The number of aromatic nitrogens is 2. The van der Waals surface area contributed by atoms with Crippen molar-refractivity contribution in [3.63, 3.8) is 0 Å². The highest BCUT2D eigenvalue weighted by molar-refractivity contribution is 5.79. The van der Waals surface area contributed by atoms with Gasteiger partial charge in [0.1, 0.15) is 0 Å². The van der Waals surface area contributed by atoms with Gasteiger partial charge in [-0.25, -0.2) is 9.97 Å². The molecule has 1 saturated heterocycles. The summed E-state index contributed by atoms with van der Waals surface area (Å²) >= 11 is 0. The van der Waals surface area contributed by atoms with Gasteiger partial charge in [0.2, 0.25) is 11.9 Å².